The maximum absolute atomic E-state index is 12.4. The Kier molecular flexibility index (Phi) is 3.34. The predicted octanol–water partition coefficient (Wildman–Crippen LogP) is 2.48. The van der Waals surface area contributed by atoms with Crippen molar-refractivity contribution in [2.75, 3.05) is 6.54 Å². The number of nitrogens with zero attached hydrogens (tertiary/aromatic N) is 2. The largest absolute Gasteiger partial charge is 0.267 e. The minimum atomic E-state index is -3.53. The maximum Gasteiger partial charge on any atom is 0.267 e. The van der Waals surface area contributed by atoms with Crippen molar-refractivity contribution in [3.8, 4) is 0 Å². The van der Waals surface area contributed by atoms with Gasteiger partial charge in [0.1, 0.15) is 10.7 Å². The number of fused-ring (bicyclic) bond motifs is 1. The highest BCUT2D eigenvalue weighted by Gasteiger charge is 2.32. The highest BCUT2D eigenvalue weighted by Crippen LogP contribution is 2.32. The van der Waals surface area contributed by atoms with Gasteiger partial charge in [0.2, 0.25) is 0 Å². The van der Waals surface area contributed by atoms with E-state index in [1.54, 1.807) is 36.4 Å². The molecule has 0 bridgehead atoms. The molecule has 18 heavy (non-hydrogen) atoms. The fraction of sp³-hybridized carbons (Fsp3) is 0.154. The summed E-state index contributed by atoms with van der Waals surface area (Å²) < 4.78 is 26.2. The second-order valence-electron chi connectivity index (χ2n) is 3.81. The number of aliphatic imine (C=N–C) groups is 1. The topological polar surface area (TPSA) is 49.7 Å². The third kappa shape index (κ3) is 1.97. The van der Waals surface area contributed by atoms with Crippen LogP contribution in [0.3, 0.4) is 0 Å². The molecular formula is C13H14N2O2S. The Bertz CT molecular complexity index is 618. The Morgan fingerprint density at radius 2 is 1.94 bits per heavy atom. The van der Waals surface area contributed by atoms with Crippen molar-refractivity contribution in [1.82, 2.24) is 4.31 Å². The summed E-state index contributed by atoms with van der Waals surface area (Å²) in [6, 6.07) is 6.72. The van der Waals surface area contributed by atoms with Gasteiger partial charge in [-0.25, -0.2) is 17.7 Å². The lowest BCUT2D eigenvalue weighted by Gasteiger charge is -2.28. The van der Waals surface area contributed by atoms with E-state index >= 15 is 0 Å². The number of sulfonamides is 1. The van der Waals surface area contributed by atoms with E-state index in [1.807, 2.05) is 0 Å². The molecule has 1 aromatic rings. The van der Waals surface area contributed by atoms with Crippen LogP contribution < -0.4 is 0 Å². The third-order valence-electron chi connectivity index (χ3n) is 2.59. The molecule has 0 aromatic heterocycles. The molecule has 0 atom stereocenters. The first kappa shape index (κ1) is 12.6. The van der Waals surface area contributed by atoms with Gasteiger partial charge in [-0.05, 0) is 12.1 Å². The van der Waals surface area contributed by atoms with Gasteiger partial charge in [0, 0.05) is 6.42 Å². The summed E-state index contributed by atoms with van der Waals surface area (Å²) in [7, 11) is -3.53. The summed E-state index contributed by atoms with van der Waals surface area (Å²) in [5, 5.41) is 0. The van der Waals surface area contributed by atoms with Gasteiger partial charge in [-0.15, -0.1) is 13.2 Å². The molecule has 0 N–H and O–H groups in total. The van der Waals surface area contributed by atoms with E-state index in [1.165, 1.54) is 4.31 Å². The van der Waals surface area contributed by atoms with Crippen LogP contribution in [-0.4, -0.2) is 25.1 Å². The summed E-state index contributed by atoms with van der Waals surface area (Å²) in [5.41, 5.74) is 0.481. The molecule has 1 aliphatic rings. The molecule has 0 saturated carbocycles. The zero-order valence-electron chi connectivity index (χ0n) is 9.91. The zero-order chi connectivity index (χ0) is 13.2. The van der Waals surface area contributed by atoms with Crippen LogP contribution in [0.1, 0.15) is 6.42 Å². The van der Waals surface area contributed by atoms with E-state index < -0.39 is 10.0 Å². The van der Waals surface area contributed by atoms with E-state index in [0.717, 1.165) is 0 Å². The highest BCUT2D eigenvalue weighted by molar-refractivity contribution is 7.90. The van der Waals surface area contributed by atoms with Gasteiger partial charge in [-0.1, -0.05) is 24.3 Å². The van der Waals surface area contributed by atoms with Gasteiger partial charge in [0.15, 0.2) is 0 Å². The van der Waals surface area contributed by atoms with E-state index in [0.29, 0.717) is 17.9 Å². The Labute approximate surface area is 107 Å². The molecule has 2 rings (SSSR count). The molecule has 0 aliphatic carbocycles. The Morgan fingerprint density at radius 1 is 1.22 bits per heavy atom. The molecule has 1 aliphatic heterocycles. The first-order valence-electron chi connectivity index (χ1n) is 5.52. The van der Waals surface area contributed by atoms with Crippen molar-refractivity contribution >= 4 is 21.5 Å². The second-order valence-corrected chi connectivity index (χ2v) is 5.64. The Hall–Kier alpha value is -1.88. The van der Waals surface area contributed by atoms with Gasteiger partial charge in [-0.3, -0.25) is 0 Å². The van der Waals surface area contributed by atoms with Crippen LogP contribution in [0.25, 0.3) is 0 Å². The number of benzene rings is 1. The molecule has 4 nitrogen and oxygen atoms in total. The summed E-state index contributed by atoms with van der Waals surface area (Å²) in [6.45, 7) is 7.42. The maximum atomic E-state index is 12.4. The number of rotatable bonds is 4. The number of para-hydroxylation sites is 1. The van der Waals surface area contributed by atoms with Crippen molar-refractivity contribution in [2.45, 2.75) is 11.3 Å². The molecular weight excluding hydrogens is 248 g/mol. The molecule has 0 spiro atoms. The Morgan fingerprint density at radius 3 is 2.61 bits per heavy atom. The van der Waals surface area contributed by atoms with Crippen LogP contribution in [0.4, 0.5) is 5.69 Å². The number of hydrogen-bond donors (Lipinski definition) is 0. The molecule has 1 aromatic carbocycles. The second kappa shape index (κ2) is 4.78. The van der Waals surface area contributed by atoms with E-state index in [-0.39, 0.29) is 11.4 Å². The van der Waals surface area contributed by atoms with Gasteiger partial charge in [-0.2, -0.15) is 0 Å². The monoisotopic (exact) mass is 262 g/mol. The van der Waals surface area contributed by atoms with Crippen LogP contribution in [0.5, 0.6) is 0 Å². The standard InChI is InChI=1S/C13H14N2O2S/c1-3-7-13-14-11-8-5-6-9-12(11)18(16,17)15(13)10-4-2/h3-6,8-9H,1-2,7,10H2. The molecule has 0 saturated heterocycles. The highest BCUT2D eigenvalue weighted by atomic mass is 32.2. The van der Waals surface area contributed by atoms with E-state index in [4.69, 9.17) is 0 Å². The minimum Gasteiger partial charge on any atom is -0.249 e. The normalized spacial score (nSPS) is 16.7. The van der Waals surface area contributed by atoms with Crippen molar-refractivity contribution in [2.24, 2.45) is 4.99 Å². The van der Waals surface area contributed by atoms with Crippen LogP contribution in [0.15, 0.2) is 59.5 Å². The fourth-order valence-corrected chi connectivity index (χ4v) is 3.38. The average Bonchev–Trinajstić information content (AvgIpc) is 2.35. The number of hydrogen-bond acceptors (Lipinski definition) is 3. The lowest BCUT2D eigenvalue weighted by Crippen LogP contribution is -2.38. The Balaban J connectivity index is 2.63. The first-order valence-corrected chi connectivity index (χ1v) is 6.96. The first-order chi connectivity index (χ1) is 8.61. The van der Waals surface area contributed by atoms with Crippen molar-refractivity contribution in [3.05, 3.63) is 49.6 Å². The molecule has 5 heteroatoms. The van der Waals surface area contributed by atoms with Crippen molar-refractivity contribution < 1.29 is 8.42 Å². The minimum absolute atomic E-state index is 0.212. The summed E-state index contributed by atoms with van der Waals surface area (Å²) >= 11 is 0. The summed E-state index contributed by atoms with van der Waals surface area (Å²) in [5.74, 6) is 0.476. The lowest BCUT2D eigenvalue weighted by molar-refractivity contribution is 0.534. The predicted molar refractivity (Wildman–Crippen MR) is 72.4 cm³/mol. The third-order valence-corrected chi connectivity index (χ3v) is 4.43. The van der Waals surface area contributed by atoms with Crippen molar-refractivity contribution in [3.63, 3.8) is 0 Å². The molecule has 0 amide bonds. The molecule has 94 valence electrons. The quantitative estimate of drug-likeness (QED) is 0.783. The van der Waals surface area contributed by atoms with Crippen LogP contribution in [0, 0.1) is 0 Å². The van der Waals surface area contributed by atoms with E-state index in [9.17, 15) is 8.42 Å². The van der Waals surface area contributed by atoms with Gasteiger partial charge >= 0.3 is 0 Å². The van der Waals surface area contributed by atoms with Crippen molar-refractivity contribution in [1.29, 1.82) is 0 Å². The van der Waals surface area contributed by atoms with Gasteiger partial charge < -0.3 is 0 Å². The molecule has 0 unspecified atom stereocenters. The fourth-order valence-electron chi connectivity index (χ4n) is 1.82. The summed E-state index contributed by atoms with van der Waals surface area (Å²) in [4.78, 5) is 4.61. The molecule has 0 radical (unpaired) electrons. The summed E-state index contributed by atoms with van der Waals surface area (Å²) in [6.07, 6.45) is 3.59. The van der Waals surface area contributed by atoms with Crippen LogP contribution >= 0.6 is 0 Å². The number of amidine groups is 1. The SMILES string of the molecule is C=CCC1=Nc2ccccc2S(=O)(=O)N1CC=C. The van der Waals surface area contributed by atoms with Crippen LogP contribution in [0.2, 0.25) is 0 Å². The van der Waals surface area contributed by atoms with Gasteiger partial charge in [0.25, 0.3) is 10.0 Å². The lowest BCUT2D eigenvalue weighted by atomic mass is 10.3. The average molecular weight is 262 g/mol. The molecule has 1 heterocycles. The zero-order valence-corrected chi connectivity index (χ0v) is 10.7. The van der Waals surface area contributed by atoms with Gasteiger partial charge in [0.05, 0.1) is 12.2 Å². The molecule has 0 fully saturated rings. The van der Waals surface area contributed by atoms with E-state index in [2.05, 4.69) is 18.2 Å². The van der Waals surface area contributed by atoms with Crippen LogP contribution in [-0.2, 0) is 10.0 Å². The smallest absolute Gasteiger partial charge is 0.249 e.